The second kappa shape index (κ2) is 37.5. The van der Waals surface area contributed by atoms with Crippen LogP contribution in [0.4, 0.5) is 0 Å². The fourth-order valence-corrected chi connectivity index (χ4v) is 9.67. The lowest BCUT2D eigenvalue weighted by molar-refractivity contribution is -0.159. The van der Waals surface area contributed by atoms with Crippen molar-refractivity contribution in [1.82, 2.24) is 0 Å². The number of esters is 1. The molecule has 0 aliphatic heterocycles. The van der Waals surface area contributed by atoms with E-state index in [2.05, 4.69) is 0 Å². The molecular formula is C44H88O22. The van der Waals surface area contributed by atoms with Crippen LogP contribution in [0.15, 0.2) is 0 Å². The molecule has 20 N–H and O–H groups in total. The Kier molecular flexibility index (Phi) is 36.7. The molecule has 0 heterocycles. The van der Waals surface area contributed by atoms with Crippen LogP contribution in [0.5, 0.6) is 0 Å². The first-order chi connectivity index (χ1) is 31.3. The molecule has 396 valence electrons. The van der Waals surface area contributed by atoms with Gasteiger partial charge in [0.05, 0.1) is 127 Å². The van der Waals surface area contributed by atoms with Crippen molar-refractivity contribution in [3.05, 3.63) is 0 Å². The summed E-state index contributed by atoms with van der Waals surface area (Å²) in [4.78, 5) is 14.1. The van der Waals surface area contributed by atoms with Crippen LogP contribution in [0.2, 0.25) is 0 Å². The largest absolute Gasteiger partial charge is 0.463 e. The number of ether oxygens (including phenoxy) is 1. The van der Waals surface area contributed by atoms with Crippen molar-refractivity contribution >= 4 is 5.97 Å². The average molecular weight is 969 g/mol. The molecule has 18 atom stereocenters. The Morgan fingerprint density at radius 3 is 0.970 bits per heavy atom. The van der Waals surface area contributed by atoms with Gasteiger partial charge in [-0.25, -0.2) is 0 Å². The lowest BCUT2D eigenvalue weighted by Crippen LogP contribution is -2.48. The van der Waals surface area contributed by atoms with E-state index < -0.39 is 219 Å². The van der Waals surface area contributed by atoms with Gasteiger partial charge in [0.2, 0.25) is 0 Å². The Labute approximate surface area is 388 Å². The van der Waals surface area contributed by atoms with Crippen molar-refractivity contribution in [3.63, 3.8) is 0 Å². The highest BCUT2D eigenvalue weighted by Gasteiger charge is 2.48. The van der Waals surface area contributed by atoms with Gasteiger partial charge in [0.25, 0.3) is 0 Å². The summed E-state index contributed by atoms with van der Waals surface area (Å²) in [6.07, 6.45) is -15.5. The lowest BCUT2D eigenvalue weighted by atomic mass is 9.57. The van der Waals surface area contributed by atoms with Gasteiger partial charge in [0.15, 0.2) is 0 Å². The first kappa shape index (κ1) is 64.7. The monoisotopic (exact) mass is 969 g/mol. The van der Waals surface area contributed by atoms with Crippen LogP contribution in [-0.2, 0) is 9.53 Å². The van der Waals surface area contributed by atoms with Crippen LogP contribution in [0.1, 0.15) is 89.9 Å². The number of carbonyl (C=O) groups excluding carboxylic acids is 1. The van der Waals surface area contributed by atoms with Gasteiger partial charge in [-0.2, -0.15) is 0 Å². The molecule has 0 aromatic heterocycles. The molecule has 66 heavy (non-hydrogen) atoms. The highest BCUT2D eigenvalue weighted by Crippen LogP contribution is 2.50. The maximum atomic E-state index is 14.1. The zero-order chi connectivity index (χ0) is 50.4. The minimum Gasteiger partial charge on any atom is -0.463 e. The highest BCUT2D eigenvalue weighted by molar-refractivity contribution is 5.73. The molecule has 0 aliphatic carbocycles. The predicted octanol–water partition coefficient (Wildman–Crippen LogP) is -5.55. The molecular weight excluding hydrogens is 880 g/mol. The molecule has 0 rings (SSSR count). The van der Waals surface area contributed by atoms with Crippen LogP contribution in [0, 0.1) is 47.3 Å². The number of hydrogen-bond acceptors (Lipinski definition) is 22. The van der Waals surface area contributed by atoms with Crippen molar-refractivity contribution in [1.29, 1.82) is 0 Å². The van der Waals surface area contributed by atoms with Crippen molar-refractivity contribution in [3.8, 4) is 0 Å². The quantitative estimate of drug-likeness (QED) is 0.0200. The van der Waals surface area contributed by atoms with E-state index in [4.69, 9.17) is 4.74 Å². The zero-order valence-corrected chi connectivity index (χ0v) is 38.3. The first-order valence-corrected chi connectivity index (χ1v) is 23.4. The normalized spacial score (nSPS) is 20.6. The minimum absolute atomic E-state index is 0.127. The number of aliphatic hydroxyl groups excluding tert-OH is 20. The van der Waals surface area contributed by atoms with Gasteiger partial charge in [-0.05, 0) is 99.2 Å². The van der Waals surface area contributed by atoms with Crippen molar-refractivity contribution < 1.29 is 112 Å². The second-order valence-corrected chi connectivity index (χ2v) is 18.2. The van der Waals surface area contributed by atoms with E-state index in [1.807, 2.05) is 0 Å². The van der Waals surface area contributed by atoms with Gasteiger partial charge in [0.1, 0.15) is 12.7 Å². The molecule has 0 bridgehead atoms. The van der Waals surface area contributed by atoms with Crippen LogP contribution >= 0.6 is 0 Å². The van der Waals surface area contributed by atoms with E-state index in [9.17, 15) is 107 Å². The van der Waals surface area contributed by atoms with Gasteiger partial charge < -0.3 is 107 Å². The molecule has 18 unspecified atom stereocenters. The Morgan fingerprint density at radius 2 is 0.591 bits per heavy atom. The van der Waals surface area contributed by atoms with E-state index in [1.165, 1.54) is 0 Å². The topological polar surface area (TPSA) is 431 Å². The number of rotatable bonds is 43. The average Bonchev–Trinajstić information content (AvgIpc) is 3.32. The fraction of sp³-hybridized carbons (Fsp3) is 0.977. The summed E-state index contributed by atoms with van der Waals surface area (Å²) in [5.74, 6) is -10.6. The molecule has 22 heteroatoms. The van der Waals surface area contributed by atoms with Crippen LogP contribution in [-0.4, -0.2) is 242 Å². The standard InChI is InChI=1S/C44H88O22/c45-15-27(55)6-4-2-1-3-5-26(7-28(56)16-46)37(8-29(57)17-47)38(9-30(58)18-48)39(10-31(59)19-49)40(11-32(60)20-50)41(12-33(61)21-51)42(13-34(62)22-52)43(14-35(63)23-53)44(65)66-25-36(64)24-54/h26-43,45-64H,1-25H2. The maximum absolute atomic E-state index is 14.1. The van der Waals surface area contributed by atoms with E-state index in [0.717, 1.165) is 0 Å². The van der Waals surface area contributed by atoms with Crippen LogP contribution in [0.25, 0.3) is 0 Å². The van der Waals surface area contributed by atoms with Gasteiger partial charge in [0, 0.05) is 0 Å². The van der Waals surface area contributed by atoms with Crippen molar-refractivity contribution in [2.45, 2.75) is 151 Å². The van der Waals surface area contributed by atoms with Gasteiger partial charge >= 0.3 is 5.97 Å². The molecule has 0 spiro atoms. The van der Waals surface area contributed by atoms with Gasteiger partial charge in [-0.1, -0.05) is 32.1 Å². The summed E-state index contributed by atoms with van der Waals surface area (Å²) in [5, 5.41) is 209. The Hall–Kier alpha value is -1.33. The minimum atomic E-state index is -1.65. The number of hydrogen-bond donors (Lipinski definition) is 20. The molecule has 0 saturated heterocycles. The molecule has 0 aromatic carbocycles. The maximum Gasteiger partial charge on any atom is 0.309 e. The third kappa shape index (κ3) is 25.5. The summed E-state index contributed by atoms with van der Waals surface area (Å²) >= 11 is 0. The summed E-state index contributed by atoms with van der Waals surface area (Å²) < 4.78 is 5.33. The second-order valence-electron chi connectivity index (χ2n) is 18.2. The van der Waals surface area contributed by atoms with Crippen molar-refractivity contribution in [2.24, 2.45) is 47.3 Å². The van der Waals surface area contributed by atoms with Gasteiger partial charge in [-0.3, -0.25) is 4.79 Å². The third-order valence-corrected chi connectivity index (χ3v) is 12.9. The fourth-order valence-electron chi connectivity index (χ4n) is 9.67. The Morgan fingerprint density at radius 1 is 0.303 bits per heavy atom. The van der Waals surface area contributed by atoms with Crippen molar-refractivity contribution in [2.75, 3.05) is 72.7 Å². The molecule has 0 amide bonds. The van der Waals surface area contributed by atoms with E-state index in [-0.39, 0.29) is 25.7 Å². The zero-order valence-electron chi connectivity index (χ0n) is 38.3. The van der Waals surface area contributed by atoms with Crippen LogP contribution in [0.3, 0.4) is 0 Å². The highest BCUT2D eigenvalue weighted by atomic mass is 16.5. The number of unbranched alkanes of at least 4 members (excludes halogenated alkanes) is 3. The summed E-state index contributed by atoms with van der Waals surface area (Å²) in [6.45, 7) is -8.79. The summed E-state index contributed by atoms with van der Waals surface area (Å²) in [7, 11) is 0. The molecule has 0 aliphatic rings. The van der Waals surface area contributed by atoms with Crippen LogP contribution < -0.4 is 0 Å². The lowest BCUT2D eigenvalue weighted by Gasteiger charge is -2.49. The Balaban J connectivity index is 8.56. The first-order valence-electron chi connectivity index (χ1n) is 23.4. The number of aliphatic hydroxyl groups is 20. The Bertz CT molecular complexity index is 1160. The van der Waals surface area contributed by atoms with Gasteiger partial charge in [-0.15, -0.1) is 0 Å². The predicted molar refractivity (Wildman–Crippen MR) is 234 cm³/mol. The molecule has 0 fully saturated rings. The molecule has 0 aromatic rings. The molecule has 22 nitrogen and oxygen atoms in total. The number of carbonyl (C=O) groups is 1. The SMILES string of the molecule is O=C(OCC(O)CO)C(CC(O)CO)C(CC(O)CO)C(CC(O)CO)C(CC(O)CO)C(CC(O)CO)C(CC(O)CO)C(CC(O)CO)C(CCCCCCC(O)CO)CC(O)CO. The summed E-state index contributed by atoms with van der Waals surface area (Å²) in [6, 6.07) is 0. The van der Waals surface area contributed by atoms with E-state index in [1.54, 1.807) is 0 Å². The van der Waals surface area contributed by atoms with E-state index >= 15 is 0 Å². The smallest absolute Gasteiger partial charge is 0.309 e. The third-order valence-electron chi connectivity index (χ3n) is 12.9. The molecule has 0 radical (unpaired) electrons. The molecule has 0 saturated carbocycles. The summed E-state index contributed by atoms with van der Waals surface area (Å²) in [5.41, 5.74) is 0. The van der Waals surface area contributed by atoms with E-state index in [0.29, 0.717) is 32.1 Å².